The molecule has 4 N–H and O–H groups in total. The molecule has 1 heterocycles. The Balaban J connectivity index is 1.78. The van der Waals surface area contributed by atoms with Crippen molar-refractivity contribution >= 4 is 5.69 Å². The van der Waals surface area contributed by atoms with Crippen LogP contribution in [0.1, 0.15) is 5.56 Å². The van der Waals surface area contributed by atoms with Gasteiger partial charge >= 0.3 is 0 Å². The van der Waals surface area contributed by atoms with Gasteiger partial charge < -0.3 is 16.2 Å². The van der Waals surface area contributed by atoms with Crippen LogP contribution in [-0.4, -0.2) is 4.98 Å². The van der Waals surface area contributed by atoms with Crippen molar-refractivity contribution in [2.75, 3.05) is 5.73 Å². The maximum atomic E-state index is 5.68. The Hall–Kier alpha value is -2.85. The van der Waals surface area contributed by atoms with Gasteiger partial charge in [0.05, 0.1) is 11.9 Å². The number of nitrogen functional groups attached to an aromatic ring is 1. The molecule has 0 fully saturated rings. The highest BCUT2D eigenvalue weighted by Crippen LogP contribution is 2.25. The van der Waals surface area contributed by atoms with Gasteiger partial charge in [0.25, 0.3) is 0 Å². The first-order valence-electron chi connectivity index (χ1n) is 7.03. The Kier molecular flexibility index (Phi) is 4.03. The molecule has 0 unspecified atom stereocenters. The molecule has 4 heteroatoms. The Morgan fingerprint density at radius 1 is 0.909 bits per heavy atom. The summed E-state index contributed by atoms with van der Waals surface area (Å²) in [5.74, 6) is 1.25. The number of hydrogen-bond acceptors (Lipinski definition) is 4. The van der Waals surface area contributed by atoms with Crippen molar-refractivity contribution in [1.82, 2.24) is 4.98 Å². The van der Waals surface area contributed by atoms with E-state index < -0.39 is 0 Å². The van der Waals surface area contributed by atoms with Gasteiger partial charge in [-0.1, -0.05) is 30.3 Å². The molecule has 0 radical (unpaired) electrons. The highest BCUT2D eigenvalue weighted by Gasteiger charge is 2.02. The van der Waals surface area contributed by atoms with Crippen LogP contribution in [-0.2, 0) is 6.54 Å². The molecule has 0 aliphatic rings. The molecule has 110 valence electrons. The fourth-order valence-electron chi connectivity index (χ4n) is 2.17. The van der Waals surface area contributed by atoms with E-state index >= 15 is 0 Å². The predicted octanol–water partition coefficient (Wildman–Crippen LogP) is 3.58. The molecule has 0 aliphatic carbocycles. The van der Waals surface area contributed by atoms with Crippen LogP contribution in [0.3, 0.4) is 0 Å². The second kappa shape index (κ2) is 6.28. The third-order valence-corrected chi connectivity index (χ3v) is 3.33. The number of aromatic nitrogens is 1. The van der Waals surface area contributed by atoms with Crippen LogP contribution in [0.2, 0.25) is 0 Å². The number of anilines is 1. The second-order valence-corrected chi connectivity index (χ2v) is 4.96. The lowest BCUT2D eigenvalue weighted by Gasteiger charge is -2.07. The van der Waals surface area contributed by atoms with Crippen molar-refractivity contribution in [2.24, 2.45) is 5.73 Å². The van der Waals surface area contributed by atoms with Crippen LogP contribution < -0.4 is 16.2 Å². The van der Waals surface area contributed by atoms with E-state index in [0.717, 1.165) is 22.4 Å². The molecule has 2 aromatic carbocycles. The molecule has 3 rings (SSSR count). The van der Waals surface area contributed by atoms with Crippen molar-refractivity contribution in [3.8, 4) is 22.8 Å². The van der Waals surface area contributed by atoms with Crippen molar-refractivity contribution in [1.29, 1.82) is 0 Å². The van der Waals surface area contributed by atoms with Gasteiger partial charge in [-0.3, -0.25) is 0 Å². The molecule has 0 saturated heterocycles. The topological polar surface area (TPSA) is 74.2 Å². The number of benzene rings is 2. The minimum atomic E-state index is 0.520. The van der Waals surface area contributed by atoms with Gasteiger partial charge in [-0.25, -0.2) is 4.98 Å². The Morgan fingerprint density at radius 3 is 2.41 bits per heavy atom. The summed E-state index contributed by atoms with van der Waals surface area (Å²) in [4.78, 5) is 4.12. The lowest BCUT2D eigenvalue weighted by Crippen LogP contribution is -1.95. The van der Waals surface area contributed by atoms with E-state index in [9.17, 15) is 0 Å². The van der Waals surface area contributed by atoms with Gasteiger partial charge in [-0.05, 0) is 41.0 Å². The van der Waals surface area contributed by atoms with Gasteiger partial charge in [0, 0.05) is 12.6 Å². The normalized spacial score (nSPS) is 10.4. The number of pyridine rings is 1. The van der Waals surface area contributed by atoms with E-state index in [4.69, 9.17) is 16.2 Å². The molecule has 0 saturated carbocycles. The number of nitrogens with zero attached hydrogens (tertiary/aromatic N) is 1. The van der Waals surface area contributed by atoms with E-state index in [0.29, 0.717) is 18.1 Å². The summed E-state index contributed by atoms with van der Waals surface area (Å²) in [6, 6.07) is 19.6. The zero-order valence-corrected chi connectivity index (χ0v) is 12.1. The SMILES string of the molecule is NCc1cccc(-c2ccc(Oc3ccc(N)cn3)cc2)c1. The second-order valence-electron chi connectivity index (χ2n) is 4.96. The Labute approximate surface area is 129 Å². The number of nitrogens with two attached hydrogens (primary N) is 2. The fourth-order valence-corrected chi connectivity index (χ4v) is 2.17. The largest absolute Gasteiger partial charge is 0.439 e. The lowest BCUT2D eigenvalue weighted by molar-refractivity contribution is 0.463. The predicted molar refractivity (Wildman–Crippen MR) is 88.5 cm³/mol. The number of ether oxygens (including phenoxy) is 1. The quantitative estimate of drug-likeness (QED) is 0.770. The molecule has 0 spiro atoms. The Bertz CT molecular complexity index is 752. The van der Waals surface area contributed by atoms with Gasteiger partial charge in [-0.2, -0.15) is 0 Å². The maximum absolute atomic E-state index is 5.68. The maximum Gasteiger partial charge on any atom is 0.219 e. The first kappa shape index (κ1) is 14.1. The van der Waals surface area contributed by atoms with Crippen LogP contribution in [0, 0.1) is 0 Å². The fraction of sp³-hybridized carbons (Fsp3) is 0.0556. The van der Waals surface area contributed by atoms with Crippen molar-refractivity contribution in [2.45, 2.75) is 6.54 Å². The van der Waals surface area contributed by atoms with E-state index in [1.807, 2.05) is 36.4 Å². The smallest absolute Gasteiger partial charge is 0.219 e. The zero-order chi connectivity index (χ0) is 15.4. The summed E-state index contributed by atoms with van der Waals surface area (Å²) in [6.45, 7) is 0.540. The highest BCUT2D eigenvalue weighted by atomic mass is 16.5. The van der Waals surface area contributed by atoms with Gasteiger partial charge in [-0.15, -0.1) is 0 Å². The number of hydrogen-bond donors (Lipinski definition) is 2. The van der Waals surface area contributed by atoms with Crippen molar-refractivity contribution in [3.05, 3.63) is 72.4 Å². The minimum Gasteiger partial charge on any atom is -0.439 e. The minimum absolute atomic E-state index is 0.520. The molecule has 1 aromatic heterocycles. The molecule has 0 aliphatic heterocycles. The van der Waals surface area contributed by atoms with Crippen LogP contribution in [0.4, 0.5) is 5.69 Å². The summed E-state index contributed by atoms with van der Waals surface area (Å²) in [5.41, 5.74) is 15.3. The summed E-state index contributed by atoms with van der Waals surface area (Å²) < 4.78 is 5.68. The highest BCUT2D eigenvalue weighted by molar-refractivity contribution is 5.65. The van der Waals surface area contributed by atoms with Crippen LogP contribution in [0.25, 0.3) is 11.1 Å². The number of rotatable bonds is 4. The van der Waals surface area contributed by atoms with E-state index in [-0.39, 0.29) is 0 Å². The molecular formula is C18H17N3O. The average molecular weight is 291 g/mol. The van der Waals surface area contributed by atoms with Crippen LogP contribution in [0.15, 0.2) is 66.9 Å². The van der Waals surface area contributed by atoms with Gasteiger partial charge in [0.1, 0.15) is 5.75 Å². The first-order chi connectivity index (χ1) is 10.7. The standard InChI is InChI=1S/C18H17N3O/c19-11-13-2-1-3-15(10-13)14-4-7-17(8-5-14)22-18-9-6-16(20)12-21-18/h1-10,12H,11,19-20H2. The monoisotopic (exact) mass is 291 g/mol. The van der Waals surface area contributed by atoms with Crippen molar-refractivity contribution < 1.29 is 4.74 Å². The Morgan fingerprint density at radius 2 is 1.73 bits per heavy atom. The summed E-state index contributed by atoms with van der Waals surface area (Å²) in [6.07, 6.45) is 1.57. The molecule has 4 nitrogen and oxygen atoms in total. The lowest BCUT2D eigenvalue weighted by atomic mass is 10.0. The van der Waals surface area contributed by atoms with E-state index in [1.54, 1.807) is 18.3 Å². The van der Waals surface area contributed by atoms with Gasteiger partial charge in [0.2, 0.25) is 5.88 Å². The zero-order valence-electron chi connectivity index (χ0n) is 12.1. The summed E-state index contributed by atoms with van der Waals surface area (Å²) >= 11 is 0. The molecule has 22 heavy (non-hydrogen) atoms. The van der Waals surface area contributed by atoms with Crippen LogP contribution >= 0.6 is 0 Å². The third-order valence-electron chi connectivity index (χ3n) is 3.33. The van der Waals surface area contributed by atoms with Gasteiger partial charge in [0.15, 0.2) is 0 Å². The average Bonchev–Trinajstić information content (AvgIpc) is 2.58. The first-order valence-corrected chi connectivity index (χ1v) is 7.03. The van der Waals surface area contributed by atoms with Crippen molar-refractivity contribution in [3.63, 3.8) is 0 Å². The van der Waals surface area contributed by atoms with Crippen LogP contribution in [0.5, 0.6) is 11.6 Å². The molecule has 0 amide bonds. The summed E-state index contributed by atoms with van der Waals surface area (Å²) in [5, 5.41) is 0. The van der Waals surface area contributed by atoms with E-state index in [2.05, 4.69) is 17.1 Å². The summed E-state index contributed by atoms with van der Waals surface area (Å²) in [7, 11) is 0. The molecule has 0 atom stereocenters. The molecule has 3 aromatic rings. The van der Waals surface area contributed by atoms with E-state index in [1.165, 1.54) is 0 Å². The molecule has 0 bridgehead atoms. The third kappa shape index (κ3) is 3.24. The molecular weight excluding hydrogens is 274 g/mol.